The number of benzene rings is 1. The molecule has 0 spiro atoms. The number of sulfonamides is 1. The zero-order valence-electron chi connectivity index (χ0n) is 16.3. The van der Waals surface area contributed by atoms with E-state index >= 15 is 0 Å². The van der Waals surface area contributed by atoms with Crippen LogP contribution in [0.1, 0.15) is 78.2 Å². The molecule has 2 aliphatic rings. The highest BCUT2D eigenvalue weighted by Crippen LogP contribution is 2.28. The standard InChI is InChI=1S/C21H32N2O3S.2CH4/c1-17-10-7-8-14-20(17)27(25,26)23-15-9-13-19(23)16-22-21(24)18-11-5-3-2-4-6-12-18;;/h7-8,10,14,18-19H,2-6,9,11-13,15-16H2,1H3,(H,22,24);2*1H4. The van der Waals surface area contributed by atoms with Crippen molar-refractivity contribution in [1.82, 2.24) is 9.62 Å². The number of hydrogen-bond acceptors (Lipinski definition) is 3. The molecule has 1 saturated heterocycles. The van der Waals surface area contributed by atoms with Gasteiger partial charge in [0.25, 0.3) is 0 Å². The molecule has 2 fully saturated rings. The summed E-state index contributed by atoms with van der Waals surface area (Å²) < 4.78 is 27.8. The van der Waals surface area contributed by atoms with Crippen LogP contribution >= 0.6 is 0 Å². The van der Waals surface area contributed by atoms with Gasteiger partial charge < -0.3 is 5.32 Å². The molecule has 1 amide bonds. The molecule has 1 unspecified atom stereocenters. The average Bonchev–Trinajstić information content (AvgIpc) is 3.09. The van der Waals surface area contributed by atoms with Gasteiger partial charge in [0.2, 0.25) is 15.9 Å². The molecule has 1 saturated carbocycles. The lowest BCUT2D eigenvalue weighted by molar-refractivity contribution is -0.125. The van der Waals surface area contributed by atoms with E-state index in [1.165, 1.54) is 19.3 Å². The van der Waals surface area contributed by atoms with Crippen LogP contribution < -0.4 is 5.32 Å². The molecule has 1 aliphatic carbocycles. The Labute approximate surface area is 178 Å². The lowest BCUT2D eigenvalue weighted by Crippen LogP contribution is -2.44. The zero-order chi connectivity index (χ0) is 19.3. The van der Waals surface area contributed by atoms with Crippen molar-refractivity contribution in [2.45, 2.75) is 90.5 Å². The van der Waals surface area contributed by atoms with Crippen LogP contribution in [-0.4, -0.2) is 37.8 Å². The summed E-state index contributed by atoms with van der Waals surface area (Å²) in [5, 5.41) is 3.07. The summed E-state index contributed by atoms with van der Waals surface area (Å²) >= 11 is 0. The third-order valence-electron chi connectivity index (χ3n) is 5.99. The van der Waals surface area contributed by atoms with Gasteiger partial charge in [0.05, 0.1) is 4.90 Å². The topological polar surface area (TPSA) is 66.5 Å². The van der Waals surface area contributed by atoms with Gasteiger partial charge in [0.15, 0.2) is 0 Å². The summed E-state index contributed by atoms with van der Waals surface area (Å²) in [5.41, 5.74) is 0.765. The number of rotatable bonds is 5. The zero-order valence-corrected chi connectivity index (χ0v) is 17.1. The molecule has 166 valence electrons. The molecule has 1 aliphatic heterocycles. The van der Waals surface area contributed by atoms with Crippen molar-refractivity contribution in [3.63, 3.8) is 0 Å². The average molecular weight is 425 g/mol. The van der Waals surface area contributed by atoms with Crippen molar-refractivity contribution in [2.75, 3.05) is 13.1 Å². The Bertz CT molecular complexity index is 740. The second-order valence-electron chi connectivity index (χ2n) is 7.96. The maximum Gasteiger partial charge on any atom is 0.243 e. The molecule has 0 radical (unpaired) electrons. The number of amides is 1. The molecule has 5 nitrogen and oxygen atoms in total. The first-order valence-electron chi connectivity index (χ1n) is 10.4. The summed E-state index contributed by atoms with van der Waals surface area (Å²) in [6.07, 6.45) is 9.52. The van der Waals surface area contributed by atoms with E-state index in [1.54, 1.807) is 16.4 Å². The number of nitrogens with one attached hydrogen (secondary N) is 1. The monoisotopic (exact) mass is 424 g/mol. The number of carbonyl (C=O) groups is 1. The highest BCUT2D eigenvalue weighted by atomic mass is 32.2. The second-order valence-corrected chi connectivity index (χ2v) is 9.82. The van der Waals surface area contributed by atoms with Gasteiger partial charge in [-0.05, 0) is 44.2 Å². The largest absolute Gasteiger partial charge is 0.354 e. The van der Waals surface area contributed by atoms with Crippen molar-refractivity contribution in [2.24, 2.45) is 5.92 Å². The summed E-state index contributed by atoms with van der Waals surface area (Å²) in [7, 11) is -3.52. The van der Waals surface area contributed by atoms with E-state index in [1.807, 2.05) is 19.1 Å². The minimum absolute atomic E-state index is 0. The van der Waals surface area contributed by atoms with E-state index < -0.39 is 10.0 Å². The van der Waals surface area contributed by atoms with Crippen LogP contribution in [0, 0.1) is 12.8 Å². The van der Waals surface area contributed by atoms with Crippen molar-refractivity contribution in [3.8, 4) is 0 Å². The van der Waals surface area contributed by atoms with Crippen LogP contribution in [0.5, 0.6) is 0 Å². The lowest BCUT2D eigenvalue weighted by atomic mass is 9.90. The van der Waals surface area contributed by atoms with E-state index in [0.29, 0.717) is 18.0 Å². The minimum atomic E-state index is -3.52. The molecule has 6 heteroatoms. The van der Waals surface area contributed by atoms with Gasteiger partial charge in [0.1, 0.15) is 0 Å². The Morgan fingerprint density at radius 1 is 1.00 bits per heavy atom. The number of hydrogen-bond donors (Lipinski definition) is 1. The van der Waals surface area contributed by atoms with Gasteiger partial charge >= 0.3 is 0 Å². The first-order chi connectivity index (χ1) is 13.0. The van der Waals surface area contributed by atoms with Gasteiger partial charge in [-0.3, -0.25) is 4.79 Å². The Balaban J connectivity index is 0.00000210. The van der Waals surface area contributed by atoms with Crippen molar-refractivity contribution >= 4 is 15.9 Å². The fraction of sp³-hybridized carbons (Fsp3) is 0.696. The molecule has 1 heterocycles. The van der Waals surface area contributed by atoms with Crippen LogP contribution in [-0.2, 0) is 14.8 Å². The molecule has 0 bridgehead atoms. The van der Waals surface area contributed by atoms with E-state index in [2.05, 4.69) is 5.32 Å². The van der Waals surface area contributed by atoms with Gasteiger partial charge in [-0.25, -0.2) is 8.42 Å². The van der Waals surface area contributed by atoms with Gasteiger partial charge in [-0.2, -0.15) is 4.31 Å². The fourth-order valence-corrected chi connectivity index (χ4v) is 6.30. The van der Waals surface area contributed by atoms with Gasteiger partial charge in [0, 0.05) is 25.0 Å². The Kier molecular flexibility index (Phi) is 10.3. The first kappa shape index (κ1) is 25.6. The molecular weight excluding hydrogens is 384 g/mol. The van der Waals surface area contributed by atoms with Gasteiger partial charge in [-0.15, -0.1) is 0 Å². The van der Waals surface area contributed by atoms with Crippen LogP contribution in [0.4, 0.5) is 0 Å². The Morgan fingerprint density at radius 3 is 2.28 bits per heavy atom. The Morgan fingerprint density at radius 2 is 1.62 bits per heavy atom. The fourth-order valence-electron chi connectivity index (χ4n) is 4.38. The summed E-state index contributed by atoms with van der Waals surface area (Å²) in [6.45, 7) is 2.77. The third-order valence-corrected chi connectivity index (χ3v) is 8.10. The summed E-state index contributed by atoms with van der Waals surface area (Å²) in [4.78, 5) is 13.0. The maximum atomic E-state index is 13.1. The molecule has 1 aromatic carbocycles. The molecule has 3 rings (SSSR count). The maximum absolute atomic E-state index is 13.1. The number of carbonyl (C=O) groups excluding carboxylic acids is 1. The SMILES string of the molecule is C.C.Cc1ccccc1S(=O)(=O)N1CCCC1CNC(=O)C1CCCCCCC1. The summed E-state index contributed by atoms with van der Waals surface area (Å²) in [6, 6.07) is 6.97. The molecular formula is C23H40N2O3S. The predicted octanol–water partition coefficient (Wildman–Crippen LogP) is 4.90. The normalized spacial score (nSPS) is 21.3. The summed E-state index contributed by atoms with van der Waals surface area (Å²) in [5.74, 6) is 0.199. The number of aryl methyl sites for hydroxylation is 1. The van der Waals surface area contributed by atoms with Crippen LogP contribution in [0.15, 0.2) is 29.2 Å². The first-order valence-corrected chi connectivity index (χ1v) is 11.8. The van der Waals surface area contributed by atoms with E-state index in [0.717, 1.165) is 44.1 Å². The van der Waals surface area contributed by atoms with Crippen molar-refractivity contribution < 1.29 is 13.2 Å². The molecule has 0 aromatic heterocycles. The molecule has 1 atom stereocenters. The van der Waals surface area contributed by atoms with Crippen LogP contribution in [0.2, 0.25) is 0 Å². The predicted molar refractivity (Wildman–Crippen MR) is 120 cm³/mol. The second kappa shape index (κ2) is 11.7. The molecule has 1 N–H and O–H groups in total. The highest BCUT2D eigenvalue weighted by Gasteiger charge is 2.36. The number of nitrogens with zero attached hydrogens (tertiary/aromatic N) is 1. The smallest absolute Gasteiger partial charge is 0.243 e. The van der Waals surface area contributed by atoms with Crippen LogP contribution in [0.25, 0.3) is 0 Å². The van der Waals surface area contributed by atoms with E-state index in [9.17, 15) is 13.2 Å². The quantitative estimate of drug-likeness (QED) is 0.731. The van der Waals surface area contributed by atoms with Crippen molar-refractivity contribution in [1.29, 1.82) is 0 Å². The lowest BCUT2D eigenvalue weighted by Gasteiger charge is -2.26. The van der Waals surface area contributed by atoms with Crippen LogP contribution in [0.3, 0.4) is 0 Å². The van der Waals surface area contributed by atoms with Crippen molar-refractivity contribution in [3.05, 3.63) is 29.8 Å². The molecule has 1 aromatic rings. The van der Waals surface area contributed by atoms with E-state index in [4.69, 9.17) is 0 Å². The molecule has 29 heavy (non-hydrogen) atoms. The van der Waals surface area contributed by atoms with E-state index in [-0.39, 0.29) is 32.7 Å². The minimum Gasteiger partial charge on any atom is -0.354 e. The highest BCUT2D eigenvalue weighted by molar-refractivity contribution is 7.89. The third kappa shape index (κ3) is 6.29. The van der Waals surface area contributed by atoms with Gasteiger partial charge in [-0.1, -0.05) is 65.2 Å². The Hall–Kier alpha value is -1.40.